The minimum absolute atomic E-state index is 0.126. The first-order chi connectivity index (χ1) is 11.6. The second kappa shape index (κ2) is 6.65. The number of amides is 1. The van der Waals surface area contributed by atoms with Gasteiger partial charge in [-0.1, -0.05) is 25.3 Å². The molecule has 0 saturated heterocycles. The van der Waals surface area contributed by atoms with Crippen molar-refractivity contribution in [1.29, 1.82) is 5.26 Å². The van der Waals surface area contributed by atoms with Crippen molar-refractivity contribution in [3.05, 3.63) is 35.2 Å². The van der Waals surface area contributed by atoms with Gasteiger partial charge in [0, 0.05) is 5.38 Å². The summed E-state index contributed by atoms with van der Waals surface area (Å²) in [4.78, 5) is 16.6. The fourth-order valence-corrected chi connectivity index (χ4v) is 3.65. The zero-order chi connectivity index (χ0) is 17.2. The molecule has 1 aliphatic carbocycles. The van der Waals surface area contributed by atoms with E-state index in [2.05, 4.69) is 16.4 Å². The molecular weight excluding hydrogens is 332 g/mol. The maximum absolute atomic E-state index is 13.8. The molecule has 1 saturated carbocycles. The number of rotatable bonds is 3. The van der Waals surface area contributed by atoms with Crippen LogP contribution in [0.25, 0.3) is 11.3 Å². The second-order valence-electron chi connectivity index (χ2n) is 5.84. The van der Waals surface area contributed by atoms with E-state index in [0.717, 1.165) is 42.7 Å². The molecule has 3 rings (SSSR count). The summed E-state index contributed by atoms with van der Waals surface area (Å²) in [6.07, 6.45) is 3.74. The molecule has 4 nitrogen and oxygen atoms in total. The fourth-order valence-electron chi connectivity index (χ4n) is 2.95. The number of nitriles is 1. The van der Waals surface area contributed by atoms with Gasteiger partial charge >= 0.3 is 0 Å². The Hall–Kier alpha value is -2.33. The van der Waals surface area contributed by atoms with Crippen LogP contribution in [0.5, 0.6) is 0 Å². The van der Waals surface area contributed by atoms with Crippen LogP contribution in [0.4, 0.5) is 13.9 Å². The summed E-state index contributed by atoms with van der Waals surface area (Å²) in [5.41, 5.74) is -1.13. The maximum atomic E-state index is 13.8. The van der Waals surface area contributed by atoms with Crippen LogP contribution in [-0.4, -0.2) is 10.9 Å². The van der Waals surface area contributed by atoms with Gasteiger partial charge in [-0.05, 0) is 25.0 Å². The summed E-state index contributed by atoms with van der Waals surface area (Å²) in [6.45, 7) is 0. The van der Waals surface area contributed by atoms with E-state index in [-0.39, 0.29) is 22.3 Å². The monoisotopic (exact) mass is 347 g/mol. The minimum Gasteiger partial charge on any atom is -0.301 e. The van der Waals surface area contributed by atoms with Crippen molar-refractivity contribution in [3.8, 4) is 17.3 Å². The van der Waals surface area contributed by atoms with Crippen LogP contribution in [0.2, 0.25) is 0 Å². The number of carbonyl (C=O) groups is 1. The number of benzene rings is 1. The molecule has 24 heavy (non-hydrogen) atoms. The molecule has 1 aromatic heterocycles. The Labute approximate surface area is 142 Å². The van der Waals surface area contributed by atoms with Crippen LogP contribution in [0.1, 0.15) is 32.1 Å². The summed E-state index contributed by atoms with van der Waals surface area (Å²) in [6, 6.07) is 5.73. The molecule has 1 aliphatic rings. The van der Waals surface area contributed by atoms with Crippen molar-refractivity contribution in [1.82, 2.24) is 4.98 Å². The van der Waals surface area contributed by atoms with E-state index in [1.165, 1.54) is 11.4 Å². The van der Waals surface area contributed by atoms with Crippen LogP contribution >= 0.6 is 11.3 Å². The van der Waals surface area contributed by atoms with Gasteiger partial charge < -0.3 is 5.32 Å². The van der Waals surface area contributed by atoms with Gasteiger partial charge in [-0.15, -0.1) is 11.3 Å². The Bertz CT molecular complexity index is 786. The van der Waals surface area contributed by atoms with Gasteiger partial charge in [-0.3, -0.25) is 4.79 Å². The smallest absolute Gasteiger partial charge is 0.246 e. The number of hydrogen-bond donors (Lipinski definition) is 1. The van der Waals surface area contributed by atoms with E-state index >= 15 is 0 Å². The summed E-state index contributed by atoms with van der Waals surface area (Å²) in [7, 11) is 0. The molecule has 0 unspecified atom stereocenters. The lowest BCUT2D eigenvalue weighted by molar-refractivity contribution is -0.124. The summed E-state index contributed by atoms with van der Waals surface area (Å²) in [5, 5.41) is 13.8. The predicted molar refractivity (Wildman–Crippen MR) is 87.2 cm³/mol. The predicted octanol–water partition coefficient (Wildman–Crippen LogP) is 4.50. The Morgan fingerprint density at radius 2 is 1.92 bits per heavy atom. The number of hydrogen-bond acceptors (Lipinski definition) is 4. The third-order valence-electron chi connectivity index (χ3n) is 4.30. The van der Waals surface area contributed by atoms with Crippen molar-refractivity contribution in [2.75, 3.05) is 5.32 Å². The first kappa shape index (κ1) is 16.5. The highest BCUT2D eigenvalue weighted by molar-refractivity contribution is 7.14. The molecular formula is C17H15F2N3OS. The summed E-state index contributed by atoms with van der Waals surface area (Å²) < 4.78 is 27.6. The molecule has 2 aromatic rings. The molecule has 7 heteroatoms. The third kappa shape index (κ3) is 3.02. The maximum Gasteiger partial charge on any atom is 0.246 e. The van der Waals surface area contributed by atoms with E-state index in [1.807, 2.05) is 0 Å². The van der Waals surface area contributed by atoms with Crippen molar-refractivity contribution in [2.24, 2.45) is 5.41 Å². The lowest BCUT2D eigenvalue weighted by Crippen LogP contribution is -2.36. The SMILES string of the molecule is N#CC1(C(=O)Nc2nc(-c3c(F)cccc3F)cs2)CCCCC1. The number of halogens is 2. The van der Waals surface area contributed by atoms with Gasteiger partial charge in [-0.2, -0.15) is 5.26 Å². The largest absolute Gasteiger partial charge is 0.301 e. The molecule has 0 radical (unpaired) electrons. The minimum atomic E-state index is -1.03. The lowest BCUT2D eigenvalue weighted by atomic mass is 9.74. The number of nitrogens with zero attached hydrogens (tertiary/aromatic N) is 2. The molecule has 1 aromatic carbocycles. The lowest BCUT2D eigenvalue weighted by Gasteiger charge is -2.28. The van der Waals surface area contributed by atoms with E-state index < -0.39 is 17.0 Å². The van der Waals surface area contributed by atoms with Crippen LogP contribution in [0.3, 0.4) is 0 Å². The molecule has 0 aliphatic heterocycles. The van der Waals surface area contributed by atoms with Crippen LogP contribution in [-0.2, 0) is 4.79 Å². The second-order valence-corrected chi connectivity index (χ2v) is 6.70. The van der Waals surface area contributed by atoms with E-state index in [0.29, 0.717) is 12.8 Å². The van der Waals surface area contributed by atoms with Gasteiger partial charge in [0.15, 0.2) is 5.13 Å². The Morgan fingerprint density at radius 3 is 2.54 bits per heavy atom. The van der Waals surface area contributed by atoms with E-state index in [9.17, 15) is 18.8 Å². The number of nitrogens with one attached hydrogen (secondary N) is 1. The average molecular weight is 347 g/mol. The van der Waals surface area contributed by atoms with Gasteiger partial charge in [0.2, 0.25) is 5.91 Å². The fraction of sp³-hybridized carbons (Fsp3) is 0.353. The molecule has 1 fully saturated rings. The van der Waals surface area contributed by atoms with Crippen molar-refractivity contribution in [3.63, 3.8) is 0 Å². The molecule has 1 N–H and O–H groups in total. The molecule has 1 amide bonds. The van der Waals surface area contributed by atoms with E-state index in [4.69, 9.17) is 0 Å². The Balaban J connectivity index is 1.82. The Kier molecular flexibility index (Phi) is 4.58. The van der Waals surface area contributed by atoms with Crippen LogP contribution < -0.4 is 5.32 Å². The van der Waals surface area contributed by atoms with Gasteiger partial charge in [0.1, 0.15) is 17.0 Å². The first-order valence-electron chi connectivity index (χ1n) is 7.68. The highest BCUT2D eigenvalue weighted by Crippen LogP contribution is 2.37. The van der Waals surface area contributed by atoms with Crippen LogP contribution in [0.15, 0.2) is 23.6 Å². The third-order valence-corrected chi connectivity index (χ3v) is 5.06. The highest BCUT2D eigenvalue weighted by Gasteiger charge is 2.40. The number of thiazole rings is 1. The molecule has 1 heterocycles. The van der Waals surface area contributed by atoms with E-state index in [1.54, 1.807) is 0 Å². The van der Waals surface area contributed by atoms with Gasteiger partial charge in [-0.25, -0.2) is 13.8 Å². The van der Waals surface area contributed by atoms with Gasteiger partial charge in [0.25, 0.3) is 0 Å². The number of aromatic nitrogens is 1. The zero-order valence-electron chi connectivity index (χ0n) is 12.8. The first-order valence-corrected chi connectivity index (χ1v) is 8.56. The quantitative estimate of drug-likeness (QED) is 0.889. The summed E-state index contributed by atoms with van der Waals surface area (Å²) >= 11 is 1.08. The number of carbonyl (C=O) groups excluding carboxylic acids is 1. The normalized spacial score (nSPS) is 16.4. The van der Waals surface area contributed by atoms with Crippen molar-refractivity contribution >= 4 is 22.4 Å². The van der Waals surface area contributed by atoms with Crippen molar-refractivity contribution < 1.29 is 13.6 Å². The summed E-state index contributed by atoms with van der Waals surface area (Å²) in [5.74, 6) is -1.81. The molecule has 0 atom stereocenters. The zero-order valence-corrected chi connectivity index (χ0v) is 13.6. The Morgan fingerprint density at radius 1 is 1.25 bits per heavy atom. The molecule has 0 spiro atoms. The highest BCUT2D eigenvalue weighted by atomic mass is 32.1. The number of anilines is 1. The van der Waals surface area contributed by atoms with Gasteiger partial charge in [0.05, 0.1) is 17.3 Å². The van der Waals surface area contributed by atoms with Crippen LogP contribution in [0, 0.1) is 28.4 Å². The molecule has 124 valence electrons. The topological polar surface area (TPSA) is 65.8 Å². The average Bonchev–Trinajstić information content (AvgIpc) is 3.03. The standard InChI is InChI=1S/C17H15F2N3OS/c18-11-5-4-6-12(19)14(11)13-9-24-16(21-13)22-15(23)17(10-20)7-2-1-3-8-17/h4-6,9H,1-3,7-8H2,(H,21,22,23). The van der Waals surface area contributed by atoms with Crippen molar-refractivity contribution in [2.45, 2.75) is 32.1 Å². The molecule has 0 bridgehead atoms.